The van der Waals surface area contributed by atoms with Crippen LogP contribution in [0.25, 0.3) is 10.9 Å². The Morgan fingerprint density at radius 1 is 1.22 bits per heavy atom. The molecule has 2 N–H and O–H groups in total. The summed E-state index contributed by atoms with van der Waals surface area (Å²) in [5.74, 6) is -0.0429. The highest BCUT2D eigenvalue weighted by Gasteiger charge is 2.22. The fourth-order valence-corrected chi connectivity index (χ4v) is 3.60. The number of hydrogen-bond acceptors (Lipinski definition) is 2. The van der Waals surface area contributed by atoms with Gasteiger partial charge in [-0.15, -0.1) is 0 Å². The number of halogens is 1. The van der Waals surface area contributed by atoms with Crippen molar-refractivity contribution in [2.75, 3.05) is 20.3 Å². The monoisotopic (exact) mass is 384 g/mol. The van der Waals surface area contributed by atoms with Gasteiger partial charge in [-0.25, -0.2) is 0 Å². The minimum absolute atomic E-state index is 0.00740. The van der Waals surface area contributed by atoms with E-state index in [0.29, 0.717) is 24.6 Å². The number of hydrogen-bond donors (Lipinski definition) is 2. The predicted molar refractivity (Wildman–Crippen MR) is 110 cm³/mol. The van der Waals surface area contributed by atoms with Crippen molar-refractivity contribution < 1.29 is 9.53 Å². The molecule has 3 aromatic rings. The zero-order valence-electron chi connectivity index (χ0n) is 15.7. The number of benzene rings is 2. The average molecular weight is 385 g/mol. The van der Waals surface area contributed by atoms with Crippen molar-refractivity contribution in [3.05, 3.63) is 70.4 Å². The number of ether oxygens (including phenoxy) is 1. The Morgan fingerprint density at radius 3 is 2.70 bits per heavy atom. The van der Waals surface area contributed by atoms with Gasteiger partial charge in [-0.2, -0.15) is 0 Å². The van der Waals surface area contributed by atoms with Crippen molar-refractivity contribution in [1.29, 1.82) is 0 Å². The van der Waals surface area contributed by atoms with Gasteiger partial charge in [0.15, 0.2) is 0 Å². The number of para-hydroxylation sites is 1. The third-order valence-electron chi connectivity index (χ3n) is 4.88. The van der Waals surface area contributed by atoms with Crippen LogP contribution in [-0.4, -0.2) is 31.2 Å². The minimum atomic E-state index is -0.0503. The van der Waals surface area contributed by atoms with Crippen LogP contribution in [0, 0.1) is 0 Å². The SMILES string of the molecule is CCc1cccc2c([C@H](CC(=O)NCCOC)c3ccc(Cl)cc3)c[nH]c12. The Hall–Kier alpha value is -2.30. The highest BCUT2D eigenvalue weighted by molar-refractivity contribution is 6.30. The molecule has 0 fully saturated rings. The second kappa shape index (κ2) is 9.07. The summed E-state index contributed by atoms with van der Waals surface area (Å²) in [6.45, 7) is 3.16. The van der Waals surface area contributed by atoms with E-state index in [1.165, 1.54) is 10.9 Å². The third kappa shape index (κ3) is 4.52. The van der Waals surface area contributed by atoms with E-state index < -0.39 is 0 Å². The van der Waals surface area contributed by atoms with Gasteiger partial charge in [-0.1, -0.05) is 48.9 Å². The van der Waals surface area contributed by atoms with Crippen LogP contribution in [0.2, 0.25) is 5.02 Å². The van der Waals surface area contributed by atoms with Gasteiger partial charge in [0.2, 0.25) is 5.91 Å². The number of fused-ring (bicyclic) bond motifs is 1. The highest BCUT2D eigenvalue weighted by atomic mass is 35.5. The predicted octanol–water partition coefficient (Wildman–Crippen LogP) is 4.67. The van der Waals surface area contributed by atoms with Crippen LogP contribution < -0.4 is 5.32 Å². The fraction of sp³-hybridized carbons (Fsp3) is 0.318. The van der Waals surface area contributed by atoms with Gasteiger partial charge in [0.25, 0.3) is 0 Å². The first-order valence-corrected chi connectivity index (χ1v) is 9.61. The molecule has 27 heavy (non-hydrogen) atoms. The Labute approximate surface area is 164 Å². The van der Waals surface area contributed by atoms with Gasteiger partial charge in [0.05, 0.1) is 6.61 Å². The number of carbonyl (C=O) groups is 1. The summed E-state index contributed by atoms with van der Waals surface area (Å²) in [6, 6.07) is 14.1. The molecule has 2 aromatic carbocycles. The summed E-state index contributed by atoms with van der Waals surface area (Å²) >= 11 is 6.07. The first kappa shape index (κ1) is 19.5. The van der Waals surface area contributed by atoms with Crippen molar-refractivity contribution >= 4 is 28.4 Å². The molecule has 1 aromatic heterocycles. The van der Waals surface area contributed by atoms with Crippen molar-refractivity contribution in [3.8, 4) is 0 Å². The van der Waals surface area contributed by atoms with E-state index in [9.17, 15) is 4.79 Å². The van der Waals surface area contributed by atoms with Gasteiger partial charge in [0.1, 0.15) is 0 Å². The highest BCUT2D eigenvalue weighted by Crippen LogP contribution is 2.35. The molecule has 0 saturated heterocycles. The molecular formula is C22H25ClN2O2. The summed E-state index contributed by atoms with van der Waals surface area (Å²) in [7, 11) is 1.62. The van der Waals surface area contributed by atoms with Gasteiger partial charge in [-0.05, 0) is 35.2 Å². The smallest absolute Gasteiger partial charge is 0.221 e. The number of amides is 1. The summed E-state index contributed by atoms with van der Waals surface area (Å²) in [5, 5.41) is 4.78. The lowest BCUT2D eigenvalue weighted by atomic mass is 9.87. The number of aryl methyl sites for hydroxylation is 1. The van der Waals surface area contributed by atoms with E-state index in [2.05, 4.69) is 35.4 Å². The minimum Gasteiger partial charge on any atom is -0.383 e. The van der Waals surface area contributed by atoms with Crippen molar-refractivity contribution in [2.45, 2.75) is 25.7 Å². The second-order valence-corrected chi connectivity index (χ2v) is 7.02. The maximum atomic E-state index is 12.5. The number of methoxy groups -OCH3 is 1. The normalized spacial score (nSPS) is 12.3. The topological polar surface area (TPSA) is 54.1 Å². The summed E-state index contributed by atoms with van der Waals surface area (Å²) in [5.41, 5.74) is 4.63. The molecule has 0 bridgehead atoms. The third-order valence-corrected chi connectivity index (χ3v) is 5.13. The van der Waals surface area contributed by atoms with Gasteiger partial charge in [-0.3, -0.25) is 4.79 Å². The first-order valence-electron chi connectivity index (χ1n) is 9.24. The van der Waals surface area contributed by atoms with E-state index in [1.807, 2.05) is 30.5 Å². The molecule has 0 unspecified atom stereocenters. The molecule has 1 amide bonds. The van der Waals surface area contributed by atoms with Crippen LogP contribution in [0.3, 0.4) is 0 Å². The number of rotatable bonds is 8. The molecule has 1 atom stereocenters. The molecule has 0 radical (unpaired) electrons. The number of aromatic nitrogens is 1. The molecule has 0 spiro atoms. The lowest BCUT2D eigenvalue weighted by molar-refractivity contribution is -0.121. The fourth-order valence-electron chi connectivity index (χ4n) is 3.47. The van der Waals surface area contributed by atoms with E-state index in [4.69, 9.17) is 16.3 Å². The lowest BCUT2D eigenvalue weighted by Crippen LogP contribution is -2.28. The van der Waals surface area contributed by atoms with Gasteiger partial charge < -0.3 is 15.0 Å². The average Bonchev–Trinajstić information content (AvgIpc) is 3.11. The molecule has 142 valence electrons. The van der Waals surface area contributed by atoms with E-state index in [-0.39, 0.29) is 11.8 Å². The molecular weight excluding hydrogens is 360 g/mol. The van der Waals surface area contributed by atoms with Crippen LogP contribution in [0.1, 0.15) is 36.0 Å². The molecule has 5 heteroatoms. The zero-order chi connectivity index (χ0) is 19.2. The van der Waals surface area contributed by atoms with Crippen LogP contribution in [0.5, 0.6) is 0 Å². The first-order chi connectivity index (χ1) is 13.1. The standard InChI is InChI=1S/C22H25ClN2O2/c1-3-15-5-4-6-18-20(14-25-22(15)18)19(13-21(26)24-11-12-27-2)16-7-9-17(23)10-8-16/h4-10,14,19,25H,3,11-13H2,1-2H3,(H,24,26)/t19-/m1/s1. The maximum Gasteiger partial charge on any atom is 0.221 e. The van der Waals surface area contributed by atoms with E-state index in [0.717, 1.165) is 23.1 Å². The summed E-state index contributed by atoms with van der Waals surface area (Å²) < 4.78 is 5.02. The number of H-pyrrole nitrogens is 1. The van der Waals surface area contributed by atoms with Gasteiger partial charge >= 0.3 is 0 Å². The molecule has 0 saturated carbocycles. The van der Waals surface area contributed by atoms with Crippen molar-refractivity contribution in [2.24, 2.45) is 0 Å². The zero-order valence-corrected chi connectivity index (χ0v) is 16.5. The summed E-state index contributed by atoms with van der Waals surface area (Å²) in [6.07, 6.45) is 3.36. The molecule has 1 heterocycles. The second-order valence-electron chi connectivity index (χ2n) is 6.59. The Balaban J connectivity index is 1.97. The molecule has 0 aliphatic heterocycles. The largest absolute Gasteiger partial charge is 0.383 e. The molecule has 0 aliphatic carbocycles. The quantitative estimate of drug-likeness (QED) is 0.554. The van der Waals surface area contributed by atoms with Gasteiger partial charge in [0, 0.05) is 48.1 Å². The van der Waals surface area contributed by atoms with E-state index in [1.54, 1.807) is 7.11 Å². The Kier molecular flexibility index (Phi) is 6.54. The summed E-state index contributed by atoms with van der Waals surface area (Å²) in [4.78, 5) is 15.9. The van der Waals surface area contributed by atoms with Crippen LogP contribution in [0.15, 0.2) is 48.7 Å². The lowest BCUT2D eigenvalue weighted by Gasteiger charge is -2.17. The van der Waals surface area contributed by atoms with Crippen molar-refractivity contribution in [3.63, 3.8) is 0 Å². The number of carbonyl (C=O) groups excluding carboxylic acids is 1. The molecule has 3 rings (SSSR count). The Bertz CT molecular complexity index is 902. The van der Waals surface area contributed by atoms with Crippen molar-refractivity contribution in [1.82, 2.24) is 10.3 Å². The Morgan fingerprint density at radius 2 is 2.00 bits per heavy atom. The van der Waals surface area contributed by atoms with Crippen LogP contribution >= 0.6 is 11.6 Å². The molecule has 4 nitrogen and oxygen atoms in total. The van der Waals surface area contributed by atoms with Crippen LogP contribution in [0.4, 0.5) is 0 Å². The number of nitrogens with one attached hydrogen (secondary N) is 2. The molecule has 0 aliphatic rings. The number of aromatic amines is 1. The van der Waals surface area contributed by atoms with E-state index >= 15 is 0 Å². The van der Waals surface area contributed by atoms with Crippen LogP contribution in [-0.2, 0) is 16.0 Å². The maximum absolute atomic E-state index is 12.5.